The Bertz CT molecular complexity index is 413. The maximum atomic E-state index is 12.2. The second-order valence-electron chi connectivity index (χ2n) is 5.07. The number of ketones is 1. The van der Waals surface area contributed by atoms with Gasteiger partial charge in [-0.3, -0.25) is 4.79 Å². The summed E-state index contributed by atoms with van der Waals surface area (Å²) in [4.78, 5) is 12.2. The number of benzene rings is 1. The quantitative estimate of drug-likeness (QED) is 0.788. The molecule has 1 rings (SSSR count). The van der Waals surface area contributed by atoms with Gasteiger partial charge in [0.15, 0.2) is 5.78 Å². The van der Waals surface area contributed by atoms with Crippen molar-refractivity contribution < 1.29 is 9.53 Å². The number of nitrogens with one attached hydrogen (secondary N) is 1. The van der Waals surface area contributed by atoms with Crippen molar-refractivity contribution in [2.45, 2.75) is 33.7 Å². The van der Waals surface area contributed by atoms with Gasteiger partial charge in [0.05, 0.1) is 13.2 Å². The fraction of sp³-hybridized carbons (Fsp3) is 0.533. The summed E-state index contributed by atoms with van der Waals surface area (Å²) in [5, 5.41) is 3.25. The van der Waals surface area contributed by atoms with E-state index in [1.165, 1.54) is 0 Å². The topological polar surface area (TPSA) is 38.3 Å². The van der Waals surface area contributed by atoms with E-state index in [0.717, 1.165) is 23.4 Å². The molecule has 1 N–H and O–H groups in total. The van der Waals surface area contributed by atoms with E-state index in [1.807, 2.05) is 32.0 Å². The van der Waals surface area contributed by atoms with E-state index in [0.29, 0.717) is 5.92 Å². The summed E-state index contributed by atoms with van der Waals surface area (Å²) in [6.45, 7) is 8.96. The summed E-state index contributed by atoms with van der Waals surface area (Å²) in [6.07, 6.45) is 0. The predicted octanol–water partition coefficient (Wildman–Crippen LogP) is 2.82. The third kappa shape index (κ3) is 3.84. The fourth-order valence-corrected chi connectivity index (χ4v) is 1.79. The zero-order valence-corrected chi connectivity index (χ0v) is 11.9. The van der Waals surface area contributed by atoms with Gasteiger partial charge in [-0.25, -0.2) is 0 Å². The number of methoxy groups -OCH3 is 1. The first-order valence-electron chi connectivity index (χ1n) is 6.38. The summed E-state index contributed by atoms with van der Waals surface area (Å²) in [5.41, 5.74) is 1.72. The first-order chi connectivity index (χ1) is 8.45. The number of aryl methyl sites for hydroxylation is 1. The normalized spacial score (nSPS) is 12.6. The van der Waals surface area contributed by atoms with Crippen LogP contribution in [0.25, 0.3) is 0 Å². The summed E-state index contributed by atoms with van der Waals surface area (Å²) < 4.78 is 5.19. The number of carbonyl (C=O) groups excluding carboxylic acids is 1. The third-order valence-electron chi connectivity index (χ3n) is 2.90. The molecule has 0 spiro atoms. The lowest BCUT2D eigenvalue weighted by molar-refractivity contribution is 0.0949. The summed E-state index contributed by atoms with van der Waals surface area (Å²) in [7, 11) is 1.64. The van der Waals surface area contributed by atoms with Gasteiger partial charge >= 0.3 is 0 Å². The molecule has 0 fully saturated rings. The molecule has 0 radical (unpaired) electrons. The van der Waals surface area contributed by atoms with Gasteiger partial charge in [-0.15, -0.1) is 0 Å². The summed E-state index contributed by atoms with van der Waals surface area (Å²) >= 11 is 0. The Morgan fingerprint density at radius 3 is 2.50 bits per heavy atom. The molecule has 1 unspecified atom stereocenters. The highest BCUT2D eigenvalue weighted by Crippen LogP contribution is 2.19. The molecule has 0 aliphatic carbocycles. The first-order valence-corrected chi connectivity index (χ1v) is 6.38. The SMILES string of the molecule is COc1ccc(C(=O)C(C)NCC(C)C)cc1C. The van der Waals surface area contributed by atoms with Crippen molar-refractivity contribution in [2.75, 3.05) is 13.7 Å². The lowest BCUT2D eigenvalue weighted by Crippen LogP contribution is -2.36. The van der Waals surface area contributed by atoms with E-state index < -0.39 is 0 Å². The van der Waals surface area contributed by atoms with Crippen molar-refractivity contribution in [1.82, 2.24) is 5.32 Å². The number of ether oxygens (including phenoxy) is 1. The number of rotatable bonds is 6. The maximum absolute atomic E-state index is 12.2. The van der Waals surface area contributed by atoms with Crippen LogP contribution in [0.2, 0.25) is 0 Å². The van der Waals surface area contributed by atoms with E-state index >= 15 is 0 Å². The lowest BCUT2D eigenvalue weighted by Gasteiger charge is -2.15. The van der Waals surface area contributed by atoms with E-state index in [2.05, 4.69) is 19.2 Å². The van der Waals surface area contributed by atoms with Crippen LogP contribution in [0.1, 0.15) is 36.7 Å². The van der Waals surface area contributed by atoms with E-state index in [-0.39, 0.29) is 11.8 Å². The van der Waals surface area contributed by atoms with Gasteiger partial charge < -0.3 is 10.1 Å². The minimum absolute atomic E-state index is 0.126. The molecule has 0 aliphatic heterocycles. The minimum Gasteiger partial charge on any atom is -0.496 e. The Kier molecular flexibility index (Phi) is 5.35. The molecule has 1 atom stereocenters. The van der Waals surface area contributed by atoms with Gasteiger partial charge in [0.2, 0.25) is 0 Å². The van der Waals surface area contributed by atoms with Crippen LogP contribution in [-0.2, 0) is 0 Å². The van der Waals surface area contributed by atoms with Gasteiger partial charge in [0.25, 0.3) is 0 Å². The van der Waals surface area contributed by atoms with Crippen LogP contribution in [0.4, 0.5) is 0 Å². The standard InChI is InChI=1S/C15H23NO2/c1-10(2)9-16-12(4)15(17)13-6-7-14(18-5)11(3)8-13/h6-8,10,12,16H,9H2,1-5H3. The number of Topliss-reactive ketones (excluding diaryl/α,β-unsaturated/α-hetero) is 1. The molecule has 0 amide bonds. The number of hydrogen-bond donors (Lipinski definition) is 1. The lowest BCUT2D eigenvalue weighted by atomic mass is 10.0. The van der Waals surface area contributed by atoms with Gasteiger partial charge in [-0.05, 0) is 50.1 Å². The van der Waals surface area contributed by atoms with Crippen LogP contribution in [0, 0.1) is 12.8 Å². The van der Waals surface area contributed by atoms with Crippen molar-refractivity contribution in [2.24, 2.45) is 5.92 Å². The number of hydrogen-bond acceptors (Lipinski definition) is 3. The van der Waals surface area contributed by atoms with Crippen molar-refractivity contribution in [1.29, 1.82) is 0 Å². The molecule has 1 aromatic rings. The Morgan fingerprint density at radius 1 is 1.33 bits per heavy atom. The molecule has 3 heteroatoms. The van der Waals surface area contributed by atoms with Crippen LogP contribution in [0.3, 0.4) is 0 Å². The van der Waals surface area contributed by atoms with Crippen LogP contribution in [0.15, 0.2) is 18.2 Å². The Balaban J connectivity index is 2.74. The van der Waals surface area contributed by atoms with Gasteiger partial charge in [0.1, 0.15) is 5.75 Å². The highest BCUT2D eigenvalue weighted by atomic mass is 16.5. The van der Waals surface area contributed by atoms with Crippen molar-refractivity contribution >= 4 is 5.78 Å². The Morgan fingerprint density at radius 2 is 2.00 bits per heavy atom. The zero-order valence-electron chi connectivity index (χ0n) is 11.9. The monoisotopic (exact) mass is 249 g/mol. The highest BCUT2D eigenvalue weighted by molar-refractivity contribution is 6.00. The molecule has 0 heterocycles. The second-order valence-corrected chi connectivity index (χ2v) is 5.07. The third-order valence-corrected chi connectivity index (χ3v) is 2.90. The molecule has 3 nitrogen and oxygen atoms in total. The minimum atomic E-state index is -0.153. The average Bonchev–Trinajstić information content (AvgIpc) is 2.34. The smallest absolute Gasteiger partial charge is 0.179 e. The van der Waals surface area contributed by atoms with E-state index in [1.54, 1.807) is 7.11 Å². The van der Waals surface area contributed by atoms with Crippen LogP contribution < -0.4 is 10.1 Å². The molecular formula is C15H23NO2. The summed E-state index contributed by atoms with van der Waals surface area (Å²) in [6, 6.07) is 5.40. The molecule has 1 aromatic carbocycles. The molecule has 0 bridgehead atoms. The van der Waals surface area contributed by atoms with Crippen molar-refractivity contribution in [3.05, 3.63) is 29.3 Å². The fourth-order valence-electron chi connectivity index (χ4n) is 1.79. The summed E-state index contributed by atoms with van der Waals surface area (Å²) in [5.74, 6) is 1.48. The average molecular weight is 249 g/mol. The molecular weight excluding hydrogens is 226 g/mol. The van der Waals surface area contributed by atoms with Crippen LogP contribution in [0.5, 0.6) is 5.75 Å². The number of carbonyl (C=O) groups is 1. The van der Waals surface area contributed by atoms with E-state index in [4.69, 9.17) is 4.74 Å². The molecule has 18 heavy (non-hydrogen) atoms. The molecule has 0 aromatic heterocycles. The first kappa shape index (κ1) is 14.7. The van der Waals surface area contributed by atoms with Gasteiger partial charge in [-0.1, -0.05) is 13.8 Å². The molecule has 0 aliphatic rings. The van der Waals surface area contributed by atoms with Gasteiger partial charge in [-0.2, -0.15) is 0 Å². The van der Waals surface area contributed by atoms with Crippen molar-refractivity contribution in [3.8, 4) is 5.75 Å². The largest absolute Gasteiger partial charge is 0.496 e. The predicted molar refractivity (Wildman–Crippen MR) is 74.4 cm³/mol. The Labute approximate surface area is 110 Å². The molecule has 0 saturated heterocycles. The molecule has 100 valence electrons. The highest BCUT2D eigenvalue weighted by Gasteiger charge is 2.15. The van der Waals surface area contributed by atoms with Crippen LogP contribution >= 0.6 is 0 Å². The van der Waals surface area contributed by atoms with Gasteiger partial charge in [0, 0.05) is 5.56 Å². The van der Waals surface area contributed by atoms with Crippen LogP contribution in [-0.4, -0.2) is 25.5 Å². The maximum Gasteiger partial charge on any atom is 0.179 e. The Hall–Kier alpha value is -1.35. The molecule has 0 saturated carbocycles. The zero-order chi connectivity index (χ0) is 13.7. The second kappa shape index (κ2) is 6.55. The van der Waals surface area contributed by atoms with Crippen molar-refractivity contribution in [3.63, 3.8) is 0 Å². The van der Waals surface area contributed by atoms with E-state index in [9.17, 15) is 4.79 Å².